The molecule has 0 amide bonds. The van der Waals surface area contributed by atoms with Gasteiger partial charge in [0.2, 0.25) is 0 Å². The molecule has 8 aliphatic rings. The third-order valence-electron chi connectivity index (χ3n) is 10.1. The molecule has 44 heavy (non-hydrogen) atoms. The molecule has 224 valence electrons. The summed E-state index contributed by atoms with van der Waals surface area (Å²) in [5.74, 6) is 1.77. The molecular formula is C38H48B4O2. The van der Waals surface area contributed by atoms with Crippen molar-refractivity contribution in [3.63, 3.8) is 0 Å². The van der Waals surface area contributed by atoms with Gasteiger partial charge in [-0.2, -0.15) is 0 Å². The fourth-order valence-electron chi connectivity index (χ4n) is 6.96. The maximum atomic E-state index is 10.7. The van der Waals surface area contributed by atoms with Gasteiger partial charge in [-0.25, -0.2) is 0 Å². The van der Waals surface area contributed by atoms with E-state index in [2.05, 4.69) is 105 Å². The van der Waals surface area contributed by atoms with Crippen LogP contribution in [-0.2, 0) is 4.79 Å². The number of rotatable bonds is 3. The minimum absolute atomic E-state index is 0. The van der Waals surface area contributed by atoms with Crippen molar-refractivity contribution < 1.29 is 9.90 Å². The van der Waals surface area contributed by atoms with Gasteiger partial charge in [0, 0.05) is 68.3 Å². The highest BCUT2D eigenvalue weighted by atomic mass is 16.3. The molecule has 0 aliphatic heterocycles. The number of ketones is 1. The van der Waals surface area contributed by atoms with Gasteiger partial charge >= 0.3 is 0 Å². The van der Waals surface area contributed by atoms with E-state index in [9.17, 15) is 4.79 Å². The van der Waals surface area contributed by atoms with Crippen molar-refractivity contribution in [1.82, 2.24) is 0 Å². The molecule has 6 unspecified atom stereocenters. The first-order valence-electron chi connectivity index (χ1n) is 15.6. The van der Waals surface area contributed by atoms with Gasteiger partial charge in [-0.05, 0) is 82.6 Å². The van der Waals surface area contributed by atoms with E-state index in [0.29, 0.717) is 35.2 Å². The van der Waals surface area contributed by atoms with E-state index < -0.39 is 0 Å². The van der Waals surface area contributed by atoms with Crippen LogP contribution in [0.5, 0.6) is 0 Å². The van der Waals surface area contributed by atoms with Gasteiger partial charge in [0.15, 0.2) is 5.78 Å². The van der Waals surface area contributed by atoms with E-state index in [1.54, 1.807) is 6.08 Å². The fourth-order valence-corrected chi connectivity index (χ4v) is 6.96. The summed E-state index contributed by atoms with van der Waals surface area (Å²) >= 11 is 0. The Hall–Kier alpha value is -2.45. The number of hydrogen-bond donors (Lipinski definition) is 1. The van der Waals surface area contributed by atoms with Crippen LogP contribution in [0.3, 0.4) is 0 Å². The lowest BCUT2D eigenvalue weighted by molar-refractivity contribution is -0.115. The van der Waals surface area contributed by atoms with Gasteiger partial charge in [-0.1, -0.05) is 110 Å². The first-order valence-corrected chi connectivity index (χ1v) is 15.6. The van der Waals surface area contributed by atoms with E-state index in [1.165, 1.54) is 50.5 Å². The minimum atomic E-state index is 0. The second-order valence-corrected chi connectivity index (χ2v) is 13.3. The lowest BCUT2D eigenvalue weighted by Crippen LogP contribution is -2.19. The second kappa shape index (κ2) is 16.7. The molecule has 0 saturated carbocycles. The molecule has 6 atom stereocenters. The molecule has 0 aromatic heterocycles. The molecule has 6 heteroatoms. The van der Waals surface area contributed by atoms with Crippen LogP contribution in [0, 0.1) is 33.5 Å². The number of aliphatic hydroxyl groups excluding tert-OH is 1. The molecule has 8 rings (SSSR count). The molecule has 0 aromatic rings. The molecular weight excluding hydrogens is 532 g/mol. The van der Waals surface area contributed by atoms with Crippen LogP contribution >= 0.6 is 0 Å². The Morgan fingerprint density at radius 2 is 1.14 bits per heavy atom. The van der Waals surface area contributed by atoms with Crippen molar-refractivity contribution in [2.45, 2.75) is 78.1 Å². The zero-order valence-electron chi connectivity index (χ0n) is 26.9. The van der Waals surface area contributed by atoms with Gasteiger partial charge in [-0.3, -0.25) is 4.79 Å². The Labute approximate surface area is 275 Å². The molecule has 0 fully saturated rings. The summed E-state index contributed by atoms with van der Waals surface area (Å²) in [4.78, 5) is 10.7. The first-order chi connectivity index (χ1) is 19.3. The quantitative estimate of drug-likeness (QED) is 0.276. The molecule has 0 bridgehead atoms. The lowest BCUT2D eigenvalue weighted by Gasteiger charge is -2.30. The number of hydrogen-bond acceptors (Lipinski definition) is 2. The predicted octanol–water partition coefficient (Wildman–Crippen LogP) is 7.59. The average Bonchev–Trinajstić information content (AvgIpc) is 3.67. The van der Waals surface area contributed by atoms with Crippen molar-refractivity contribution in [3.05, 3.63) is 109 Å². The summed E-state index contributed by atoms with van der Waals surface area (Å²) in [6, 6.07) is 0. The molecule has 1 N–H and O–H groups in total. The predicted molar refractivity (Wildman–Crippen MR) is 191 cm³/mol. The van der Waals surface area contributed by atoms with Gasteiger partial charge < -0.3 is 5.11 Å². The van der Waals surface area contributed by atoms with Crippen LogP contribution < -0.4 is 0 Å². The van der Waals surface area contributed by atoms with Crippen LogP contribution in [0.25, 0.3) is 0 Å². The molecule has 0 heterocycles. The van der Waals surface area contributed by atoms with Crippen LogP contribution in [0.4, 0.5) is 0 Å². The van der Waals surface area contributed by atoms with E-state index in [1.807, 2.05) is 6.08 Å². The van der Waals surface area contributed by atoms with Crippen molar-refractivity contribution in [3.8, 4) is 0 Å². The van der Waals surface area contributed by atoms with Crippen LogP contribution in [-0.4, -0.2) is 51.1 Å². The van der Waals surface area contributed by atoms with Crippen molar-refractivity contribution in [2.24, 2.45) is 33.5 Å². The van der Waals surface area contributed by atoms with E-state index in [0.717, 1.165) is 18.8 Å². The Morgan fingerprint density at radius 1 is 0.682 bits per heavy atom. The number of aliphatic hydroxyl groups is 1. The highest BCUT2D eigenvalue weighted by molar-refractivity contribution is 5.93. The molecule has 2 nitrogen and oxygen atoms in total. The molecule has 0 saturated heterocycles. The maximum absolute atomic E-state index is 10.7. The van der Waals surface area contributed by atoms with E-state index in [-0.39, 0.29) is 44.9 Å². The van der Waals surface area contributed by atoms with Crippen molar-refractivity contribution >= 4 is 39.4 Å². The first kappa shape index (κ1) is 39.6. The number of allylic oxidation sites excluding steroid dienone is 18. The maximum Gasteiger partial charge on any atom is 0.156 e. The summed E-state index contributed by atoms with van der Waals surface area (Å²) in [5, 5.41) is 8.74. The lowest BCUT2D eigenvalue weighted by atomic mass is 9.74. The standard InChI is InChI=1S/C10H14O.C10H14.C10H12.C8H8O.4B/c11-7-3-9-2-6-10(8-9)4-1-5-10;2*1-2-9-4-7-10(8-9)5-3-6-10;9-7-2-5-8(6-7)3-1-4-8;;;;/h1-2,4,6,9,11H,3,5,7-8H2;3-5,7,9H,2,6,8H2,1H3;2-5,7H,6,8H2,1H3;1-3,5H,4,6H2;;;;. The Kier molecular flexibility index (Phi) is 15.1. The van der Waals surface area contributed by atoms with Crippen LogP contribution in [0.1, 0.15) is 78.1 Å². The molecule has 4 spiro atoms. The average molecular weight is 580 g/mol. The second-order valence-electron chi connectivity index (χ2n) is 13.3. The summed E-state index contributed by atoms with van der Waals surface area (Å²) in [6.07, 6.45) is 49.5. The smallest absolute Gasteiger partial charge is 0.156 e. The van der Waals surface area contributed by atoms with Gasteiger partial charge in [-0.15, -0.1) is 0 Å². The van der Waals surface area contributed by atoms with Gasteiger partial charge in [0.25, 0.3) is 0 Å². The van der Waals surface area contributed by atoms with Crippen LogP contribution in [0.2, 0.25) is 0 Å². The Morgan fingerprint density at radius 3 is 1.41 bits per heavy atom. The summed E-state index contributed by atoms with van der Waals surface area (Å²) in [6.45, 7) is 4.71. The van der Waals surface area contributed by atoms with Gasteiger partial charge in [0.05, 0.1) is 0 Å². The summed E-state index contributed by atoms with van der Waals surface area (Å²) in [5.41, 5.74) is 3.07. The monoisotopic (exact) mass is 580 g/mol. The highest BCUT2D eigenvalue weighted by Crippen LogP contribution is 2.48. The third-order valence-corrected chi connectivity index (χ3v) is 10.1. The van der Waals surface area contributed by atoms with Crippen molar-refractivity contribution in [1.29, 1.82) is 0 Å². The minimum Gasteiger partial charge on any atom is -0.396 e. The van der Waals surface area contributed by atoms with Gasteiger partial charge in [0.1, 0.15) is 0 Å². The van der Waals surface area contributed by atoms with Crippen LogP contribution in [0.15, 0.2) is 109 Å². The Bertz CT molecular complexity index is 1240. The summed E-state index contributed by atoms with van der Waals surface area (Å²) in [7, 11) is 0. The fraction of sp³-hybridized carbons (Fsp3) is 0.500. The number of carbonyl (C=O) groups is 1. The molecule has 12 radical (unpaired) electrons. The normalized spacial score (nSPS) is 36.4. The van der Waals surface area contributed by atoms with Crippen molar-refractivity contribution in [2.75, 3.05) is 6.61 Å². The van der Waals surface area contributed by atoms with E-state index >= 15 is 0 Å². The molecule has 8 aliphatic carbocycles. The zero-order valence-corrected chi connectivity index (χ0v) is 26.9. The SMILES string of the molecule is CC=C1C=CC2(C=CC2)C1.CCC1C=CC2(C=CC2)C1.O=C1C=CC2(C=CC2)C1.OCCC1C=CC2(C=CC2)C1.[B].[B].[B].[B]. The van der Waals surface area contributed by atoms with E-state index in [4.69, 9.17) is 5.11 Å². The zero-order chi connectivity index (χ0) is 28.1. The largest absolute Gasteiger partial charge is 0.396 e. The topological polar surface area (TPSA) is 37.3 Å². The molecule has 0 aromatic carbocycles. The number of carbonyl (C=O) groups excluding carboxylic acids is 1. The Balaban J connectivity index is 0.000000285. The summed E-state index contributed by atoms with van der Waals surface area (Å²) < 4.78 is 0. The highest BCUT2D eigenvalue weighted by Gasteiger charge is 2.36. The third kappa shape index (κ3) is 9.06.